The number of hydrogen-bond donors (Lipinski definition) is 1. The number of nitrogens with zero attached hydrogens (tertiary/aromatic N) is 8. The van der Waals surface area contributed by atoms with E-state index >= 15 is 4.39 Å². The minimum atomic E-state index is -1.29. The molecule has 6 atom stereocenters. The van der Waals surface area contributed by atoms with Crippen molar-refractivity contribution in [3.8, 4) is 11.4 Å². The smallest absolute Gasteiger partial charge is 0.350 e. The third kappa shape index (κ3) is 8.20. The molecule has 0 spiro atoms. The number of aromatic nitrogens is 6. The van der Waals surface area contributed by atoms with Crippen molar-refractivity contribution < 1.29 is 27.5 Å². The largest absolute Gasteiger partial charge is 0.493 e. The van der Waals surface area contributed by atoms with Crippen LogP contribution in [0.15, 0.2) is 66.2 Å². The molecule has 328 valence electrons. The maximum absolute atomic E-state index is 15.9. The number of rotatable bonds is 11. The van der Waals surface area contributed by atoms with Crippen LogP contribution in [-0.4, -0.2) is 78.2 Å². The minimum absolute atomic E-state index is 0.00526. The summed E-state index contributed by atoms with van der Waals surface area (Å²) in [7, 11) is 0. The van der Waals surface area contributed by atoms with Crippen LogP contribution in [0.4, 0.5) is 20.2 Å². The first kappa shape index (κ1) is 40.0. The predicted octanol–water partition coefficient (Wildman–Crippen LogP) is 8.17. The average Bonchev–Trinajstić information content (AvgIpc) is 3.95. The zero-order valence-electron chi connectivity index (χ0n) is 40.5. The molecule has 14 heteroatoms. The molecule has 2 aromatic heterocycles. The molecule has 2 fully saturated rings. The first-order valence-corrected chi connectivity index (χ1v) is 21.1. The summed E-state index contributed by atoms with van der Waals surface area (Å²) in [6.07, 6.45) is 4.37. The highest BCUT2D eigenvalue weighted by molar-refractivity contribution is 5.60. The fourth-order valence-corrected chi connectivity index (χ4v) is 9.86. The van der Waals surface area contributed by atoms with E-state index in [1.165, 1.54) is 17.3 Å². The molecule has 0 radical (unpaired) electrons. The number of anilines is 2. The molecule has 7 rings (SSSR count). The Labute approximate surface area is 362 Å². The van der Waals surface area contributed by atoms with Crippen molar-refractivity contribution in [3.05, 3.63) is 111 Å². The maximum atomic E-state index is 15.9. The van der Waals surface area contributed by atoms with E-state index in [2.05, 4.69) is 33.1 Å². The second-order valence-corrected chi connectivity index (χ2v) is 18.8. The maximum Gasteiger partial charge on any atom is 0.350 e. The highest BCUT2D eigenvalue weighted by Crippen LogP contribution is 2.52. The van der Waals surface area contributed by atoms with Crippen LogP contribution in [0.5, 0.6) is 5.75 Å². The first-order chi connectivity index (χ1) is 29.9. The number of benzene rings is 3. The summed E-state index contributed by atoms with van der Waals surface area (Å²) in [5.41, 5.74) is 0.517. The van der Waals surface area contributed by atoms with Gasteiger partial charge >= 0.3 is 5.69 Å². The topological polar surface area (TPSA) is 116 Å². The summed E-state index contributed by atoms with van der Waals surface area (Å²) in [5, 5.41) is 19.7. The van der Waals surface area contributed by atoms with Crippen LogP contribution in [0.1, 0.15) is 106 Å². The molecule has 0 aliphatic carbocycles. The van der Waals surface area contributed by atoms with Crippen molar-refractivity contribution in [1.82, 2.24) is 29.1 Å². The zero-order valence-corrected chi connectivity index (χ0v) is 37.5. The third-order valence-electron chi connectivity index (χ3n) is 12.9. The first-order valence-electron chi connectivity index (χ1n) is 22.6. The SMILES string of the molecule is [2H]c1c([2H])c(-n2cnn([C@@H](C(C)(C)C)C(C)(C)O)c2=O)c([2H])c(C)c1N1CCN(c2ccc(OC[C@H]3C[C@@](c4c(F)cc(F)c(C)c4C)([C@H](C)n4cncn4)OC3C)c(C)c2)C(C)C1. The lowest BCUT2D eigenvalue weighted by Gasteiger charge is -2.43. The lowest BCUT2D eigenvalue weighted by atomic mass is 9.78. The Morgan fingerprint density at radius 2 is 1.72 bits per heavy atom. The van der Waals surface area contributed by atoms with Gasteiger partial charge in [0.15, 0.2) is 0 Å². The summed E-state index contributed by atoms with van der Waals surface area (Å²) in [5.74, 6) is -0.678. The van der Waals surface area contributed by atoms with Gasteiger partial charge in [0, 0.05) is 54.6 Å². The van der Waals surface area contributed by atoms with Crippen molar-refractivity contribution in [3.63, 3.8) is 0 Å². The van der Waals surface area contributed by atoms with E-state index in [0.29, 0.717) is 66.4 Å². The summed E-state index contributed by atoms with van der Waals surface area (Å²) in [4.78, 5) is 22.3. The fourth-order valence-electron chi connectivity index (χ4n) is 9.86. The number of ether oxygens (including phenoxy) is 2. The number of hydrogen-bond acceptors (Lipinski definition) is 9. The lowest BCUT2D eigenvalue weighted by Crippen LogP contribution is -2.52. The summed E-state index contributed by atoms with van der Waals surface area (Å²) in [6.45, 7) is 24.1. The number of aryl methyl sites for hydroxylation is 1. The number of piperazine rings is 1. The predicted molar refractivity (Wildman–Crippen MR) is 234 cm³/mol. The Hall–Kier alpha value is -5.08. The average molecular weight is 844 g/mol. The van der Waals surface area contributed by atoms with Gasteiger partial charge in [-0.1, -0.05) is 20.8 Å². The van der Waals surface area contributed by atoms with Gasteiger partial charge < -0.3 is 24.4 Å². The minimum Gasteiger partial charge on any atom is -0.493 e. The molecule has 2 unspecified atom stereocenters. The van der Waals surface area contributed by atoms with E-state index in [1.54, 1.807) is 45.6 Å². The molecule has 4 heterocycles. The van der Waals surface area contributed by atoms with Crippen LogP contribution in [0.3, 0.4) is 0 Å². The van der Waals surface area contributed by atoms with Crippen molar-refractivity contribution in [2.45, 2.75) is 125 Å². The van der Waals surface area contributed by atoms with Crippen molar-refractivity contribution >= 4 is 11.4 Å². The molecule has 0 bridgehead atoms. The van der Waals surface area contributed by atoms with Crippen LogP contribution >= 0.6 is 0 Å². The molecule has 61 heavy (non-hydrogen) atoms. The van der Waals surface area contributed by atoms with Gasteiger partial charge in [0.1, 0.15) is 42.0 Å². The molecule has 2 aliphatic heterocycles. The molecule has 2 saturated heterocycles. The molecule has 3 aromatic carbocycles. The second-order valence-electron chi connectivity index (χ2n) is 18.8. The summed E-state index contributed by atoms with van der Waals surface area (Å²) >= 11 is 0. The molecule has 1 N–H and O–H groups in total. The van der Waals surface area contributed by atoms with Crippen molar-refractivity contribution in [2.75, 3.05) is 36.0 Å². The molecular formula is C47H62F2N8O4. The Morgan fingerprint density at radius 3 is 2.36 bits per heavy atom. The van der Waals surface area contributed by atoms with Gasteiger partial charge in [-0.05, 0) is 133 Å². The Kier molecular flexibility index (Phi) is 10.7. The van der Waals surface area contributed by atoms with Crippen LogP contribution in [0, 0.1) is 50.7 Å². The normalized spacial score (nSPS) is 22.9. The quantitative estimate of drug-likeness (QED) is 0.141. The van der Waals surface area contributed by atoms with Crippen LogP contribution < -0.4 is 20.2 Å². The van der Waals surface area contributed by atoms with Gasteiger partial charge in [0.2, 0.25) is 0 Å². The van der Waals surface area contributed by atoms with E-state index in [-0.39, 0.29) is 41.9 Å². The van der Waals surface area contributed by atoms with Crippen LogP contribution in [-0.2, 0) is 10.3 Å². The second kappa shape index (κ2) is 16.3. The van der Waals surface area contributed by atoms with Crippen LogP contribution in [0.25, 0.3) is 5.69 Å². The van der Waals surface area contributed by atoms with Gasteiger partial charge in [-0.15, -0.1) is 0 Å². The van der Waals surface area contributed by atoms with Gasteiger partial charge in [0.05, 0.1) is 40.2 Å². The molecule has 0 saturated carbocycles. The Morgan fingerprint density at radius 1 is 0.984 bits per heavy atom. The molecule has 0 amide bonds. The van der Waals surface area contributed by atoms with Crippen molar-refractivity contribution in [2.24, 2.45) is 11.3 Å². The summed E-state index contributed by atoms with van der Waals surface area (Å²) < 4.78 is 75.2. The molecule has 2 aliphatic rings. The van der Waals surface area contributed by atoms with E-state index in [4.69, 9.17) is 13.6 Å². The number of aliphatic hydroxyl groups is 1. The van der Waals surface area contributed by atoms with Gasteiger partial charge in [-0.3, -0.25) is 0 Å². The van der Waals surface area contributed by atoms with E-state index in [0.717, 1.165) is 21.9 Å². The highest BCUT2D eigenvalue weighted by Gasteiger charge is 2.53. The molecular weight excluding hydrogens is 779 g/mol. The Bertz CT molecular complexity index is 2560. The summed E-state index contributed by atoms with van der Waals surface area (Å²) in [6, 6.07) is 5.50. The Balaban J connectivity index is 1.07. The molecule has 12 nitrogen and oxygen atoms in total. The standard InChI is InChI=1S/C47H62F2N8O4/c1-28-19-37(55-27-52-57(44(55)58)43(45(8,9)10)46(11,12)59)13-15-40(28)53-17-18-54(30(3)23-53)36-14-16-41(29(2)20-36)60-24-35-22-47(61-33(35)6,34(7)56-26-50-25-51-56)42-32(5)31(4)38(48)21-39(42)49/h13-16,19-21,25-27,30,33-35,43,59H,17-18,22-24H2,1-12H3/t30?,33?,34-,35+,43-,47-/m0/s1/i13D,15D,19D. The number of halogens is 2. The third-order valence-corrected chi connectivity index (χ3v) is 12.9. The monoisotopic (exact) mass is 844 g/mol. The van der Waals surface area contributed by atoms with Gasteiger partial charge in [-0.25, -0.2) is 32.5 Å². The van der Waals surface area contributed by atoms with E-state index in [1.807, 2.05) is 58.6 Å². The highest BCUT2D eigenvalue weighted by atomic mass is 19.1. The fraction of sp³-hybridized carbons (Fsp3) is 0.532. The van der Waals surface area contributed by atoms with Gasteiger partial charge in [0.25, 0.3) is 0 Å². The lowest BCUT2D eigenvalue weighted by molar-refractivity contribution is -0.0787. The van der Waals surface area contributed by atoms with E-state index in [9.17, 15) is 14.3 Å². The van der Waals surface area contributed by atoms with Gasteiger partial charge in [-0.2, -0.15) is 10.2 Å². The van der Waals surface area contributed by atoms with Crippen LogP contribution in [0.2, 0.25) is 0 Å². The van der Waals surface area contributed by atoms with Crippen molar-refractivity contribution in [1.29, 1.82) is 0 Å². The molecule has 5 aromatic rings. The zero-order chi connectivity index (χ0) is 47.0. The van der Waals surface area contributed by atoms with E-state index < -0.39 is 46.0 Å².